The lowest BCUT2D eigenvalue weighted by Crippen LogP contribution is -2.03. The number of halogens is 1. The number of methoxy groups -OCH3 is 1. The molecule has 23 heavy (non-hydrogen) atoms. The fraction of sp³-hybridized carbons (Fsp3) is 0.688. The number of anilines is 1. The molecule has 0 unspecified atom stereocenters. The van der Waals surface area contributed by atoms with Crippen molar-refractivity contribution in [3.8, 4) is 0 Å². The average Bonchev–Trinajstić information content (AvgIpc) is 2.53. The van der Waals surface area contributed by atoms with Gasteiger partial charge >= 0.3 is 5.97 Å². The number of thioether (sulfide) groups is 1. The molecule has 0 atom stereocenters. The lowest BCUT2D eigenvalue weighted by molar-refractivity contribution is -0.137. The first-order valence-electron chi connectivity index (χ1n) is 7.97. The van der Waals surface area contributed by atoms with E-state index in [-0.39, 0.29) is 11.9 Å². The van der Waals surface area contributed by atoms with E-state index in [4.69, 9.17) is 17.3 Å². The Morgan fingerprint density at radius 2 is 1.83 bits per heavy atom. The minimum Gasteiger partial charge on any atom is -0.468 e. The lowest BCUT2D eigenvalue weighted by Gasteiger charge is -2.07. The third-order valence-electron chi connectivity index (χ3n) is 3.60. The Hall–Kier alpha value is -1.01. The molecule has 2 N–H and O–H groups in total. The van der Waals surface area contributed by atoms with E-state index in [1.807, 2.05) is 6.92 Å². The summed E-state index contributed by atoms with van der Waals surface area (Å²) in [6.07, 6.45) is 7.96. The quantitative estimate of drug-likeness (QED) is 0.367. The zero-order valence-electron chi connectivity index (χ0n) is 13.9. The van der Waals surface area contributed by atoms with Gasteiger partial charge in [0.25, 0.3) is 0 Å². The number of carbonyl (C=O) groups excluding carboxylic acids is 1. The molecule has 1 heterocycles. The predicted octanol–water partition coefficient (Wildman–Crippen LogP) is 3.81. The first-order valence-corrected chi connectivity index (χ1v) is 9.51. The van der Waals surface area contributed by atoms with Gasteiger partial charge in [0.15, 0.2) is 0 Å². The van der Waals surface area contributed by atoms with Crippen LogP contribution in [0, 0.1) is 6.92 Å². The van der Waals surface area contributed by atoms with Crippen LogP contribution >= 0.6 is 23.4 Å². The van der Waals surface area contributed by atoms with Crippen molar-refractivity contribution in [1.82, 2.24) is 9.97 Å². The van der Waals surface area contributed by atoms with Gasteiger partial charge in [-0.05, 0) is 31.9 Å². The number of unbranched alkanes of at least 4 members (excludes halogenated alkanes) is 5. The summed E-state index contributed by atoms with van der Waals surface area (Å²) in [6.45, 7) is 1.93. The number of aryl methyl sites for hydroxylation is 1. The number of rotatable bonds is 11. The summed E-state index contributed by atoms with van der Waals surface area (Å²) < 4.78 is 4.60. The first kappa shape index (κ1) is 20.0. The molecule has 0 saturated heterocycles. The highest BCUT2D eigenvalue weighted by Gasteiger charge is 2.07. The molecule has 0 radical (unpaired) electrons. The van der Waals surface area contributed by atoms with Gasteiger partial charge in [-0.25, -0.2) is 9.97 Å². The third-order valence-corrected chi connectivity index (χ3v) is 4.99. The molecule has 5 nitrogen and oxygen atoms in total. The molecule has 0 amide bonds. The van der Waals surface area contributed by atoms with E-state index in [2.05, 4.69) is 14.7 Å². The van der Waals surface area contributed by atoms with Crippen LogP contribution in [0.2, 0.25) is 5.15 Å². The van der Waals surface area contributed by atoms with Crippen molar-refractivity contribution in [3.63, 3.8) is 0 Å². The number of nitrogens with two attached hydrogens (primary N) is 1. The van der Waals surface area contributed by atoms with Crippen LogP contribution in [0.5, 0.6) is 0 Å². The summed E-state index contributed by atoms with van der Waals surface area (Å²) in [7, 11) is 1.42. The summed E-state index contributed by atoms with van der Waals surface area (Å²) in [6, 6.07) is 0. The van der Waals surface area contributed by atoms with Gasteiger partial charge in [-0.2, -0.15) is 11.8 Å². The van der Waals surface area contributed by atoms with Gasteiger partial charge in [0.05, 0.1) is 18.6 Å². The molecule has 7 heteroatoms. The van der Waals surface area contributed by atoms with Gasteiger partial charge in [0.2, 0.25) is 5.95 Å². The maximum atomic E-state index is 10.9. The van der Waals surface area contributed by atoms with E-state index in [1.165, 1.54) is 32.8 Å². The number of carbonyl (C=O) groups is 1. The van der Waals surface area contributed by atoms with E-state index < -0.39 is 0 Å². The highest BCUT2D eigenvalue weighted by molar-refractivity contribution is 7.99. The molecule has 0 fully saturated rings. The van der Waals surface area contributed by atoms with Crippen LogP contribution in [0.4, 0.5) is 5.95 Å². The smallest absolute Gasteiger partial charge is 0.315 e. The molecular weight excluding hydrogens is 334 g/mol. The summed E-state index contributed by atoms with van der Waals surface area (Å²) in [5, 5.41) is 0.456. The summed E-state index contributed by atoms with van der Waals surface area (Å²) >= 11 is 7.65. The van der Waals surface area contributed by atoms with Crippen LogP contribution in [-0.2, 0) is 16.0 Å². The predicted molar refractivity (Wildman–Crippen MR) is 96.9 cm³/mol. The van der Waals surface area contributed by atoms with Crippen LogP contribution in [0.1, 0.15) is 49.8 Å². The maximum Gasteiger partial charge on any atom is 0.315 e. The molecule has 0 aromatic carbocycles. The minimum atomic E-state index is -0.143. The minimum absolute atomic E-state index is 0.143. The van der Waals surface area contributed by atoms with Gasteiger partial charge in [-0.1, -0.05) is 37.3 Å². The first-order chi connectivity index (χ1) is 11.0. The molecule has 0 saturated carbocycles. The SMILES string of the molecule is COC(=O)CSCCCCCCCCc1nc(N)nc(Cl)c1C. The van der Waals surface area contributed by atoms with Crippen molar-refractivity contribution >= 4 is 35.3 Å². The largest absolute Gasteiger partial charge is 0.468 e. The zero-order valence-corrected chi connectivity index (χ0v) is 15.5. The van der Waals surface area contributed by atoms with Crippen LogP contribution in [0.15, 0.2) is 0 Å². The summed E-state index contributed by atoms with van der Waals surface area (Å²) in [4.78, 5) is 19.1. The van der Waals surface area contributed by atoms with Crippen molar-refractivity contribution < 1.29 is 9.53 Å². The molecule has 0 aliphatic heterocycles. The normalized spacial score (nSPS) is 10.7. The second kappa shape index (κ2) is 11.5. The molecule has 0 aliphatic rings. The number of aromatic nitrogens is 2. The molecule has 0 spiro atoms. The van der Waals surface area contributed by atoms with Crippen LogP contribution in [0.25, 0.3) is 0 Å². The van der Waals surface area contributed by atoms with E-state index in [9.17, 15) is 4.79 Å². The highest BCUT2D eigenvalue weighted by Crippen LogP contribution is 2.19. The van der Waals surface area contributed by atoms with Gasteiger partial charge in [0.1, 0.15) is 5.15 Å². The van der Waals surface area contributed by atoms with Crippen molar-refractivity contribution in [2.45, 2.75) is 51.9 Å². The molecule has 1 aromatic rings. The number of hydrogen-bond acceptors (Lipinski definition) is 6. The van der Waals surface area contributed by atoms with Crippen molar-refractivity contribution in [2.24, 2.45) is 0 Å². The van der Waals surface area contributed by atoms with E-state index in [0.29, 0.717) is 10.9 Å². The molecule has 1 rings (SSSR count). The second-order valence-electron chi connectivity index (χ2n) is 5.44. The Balaban J connectivity index is 2.03. The number of hydrogen-bond donors (Lipinski definition) is 1. The number of nitrogens with zero attached hydrogens (tertiary/aromatic N) is 2. The van der Waals surface area contributed by atoms with E-state index >= 15 is 0 Å². The van der Waals surface area contributed by atoms with Crippen LogP contribution in [0.3, 0.4) is 0 Å². The maximum absolute atomic E-state index is 10.9. The van der Waals surface area contributed by atoms with Crippen molar-refractivity contribution in [1.29, 1.82) is 0 Å². The lowest BCUT2D eigenvalue weighted by atomic mass is 10.1. The fourth-order valence-electron chi connectivity index (χ4n) is 2.21. The molecule has 0 aliphatic carbocycles. The Labute approximate surface area is 147 Å². The standard InChI is InChI=1S/C16H26ClN3O2S/c1-12-13(19-16(18)20-15(12)17)9-7-5-3-4-6-8-10-23-11-14(21)22-2/h3-11H2,1-2H3,(H2,18,19,20). The monoisotopic (exact) mass is 359 g/mol. The Morgan fingerprint density at radius 1 is 1.17 bits per heavy atom. The van der Waals surface area contributed by atoms with Gasteiger partial charge in [-0.15, -0.1) is 0 Å². The van der Waals surface area contributed by atoms with E-state index in [0.717, 1.165) is 36.3 Å². The number of ether oxygens (including phenoxy) is 1. The Bertz CT molecular complexity index is 500. The fourth-order valence-corrected chi connectivity index (χ4v) is 3.24. The van der Waals surface area contributed by atoms with Crippen molar-refractivity contribution in [2.75, 3.05) is 24.3 Å². The summed E-state index contributed by atoms with van der Waals surface area (Å²) in [5.74, 6) is 1.59. The molecule has 0 bridgehead atoms. The third kappa shape index (κ3) is 8.42. The van der Waals surface area contributed by atoms with Crippen LogP contribution < -0.4 is 5.73 Å². The van der Waals surface area contributed by atoms with E-state index in [1.54, 1.807) is 11.8 Å². The molecular formula is C16H26ClN3O2S. The average molecular weight is 360 g/mol. The second-order valence-corrected chi connectivity index (χ2v) is 6.91. The molecule has 130 valence electrons. The van der Waals surface area contributed by atoms with Gasteiger partial charge in [0, 0.05) is 5.56 Å². The Morgan fingerprint density at radius 3 is 2.52 bits per heavy atom. The van der Waals surface area contributed by atoms with Gasteiger partial charge < -0.3 is 10.5 Å². The summed E-state index contributed by atoms with van der Waals surface area (Å²) in [5.41, 5.74) is 7.52. The molecule has 1 aromatic heterocycles. The highest BCUT2D eigenvalue weighted by atomic mass is 35.5. The topological polar surface area (TPSA) is 78.1 Å². The van der Waals surface area contributed by atoms with Crippen LogP contribution in [-0.4, -0.2) is 34.6 Å². The Kier molecular flexibility index (Phi) is 10.0. The number of esters is 1. The zero-order chi connectivity index (χ0) is 17.1. The van der Waals surface area contributed by atoms with Gasteiger partial charge in [-0.3, -0.25) is 4.79 Å². The van der Waals surface area contributed by atoms with Crippen molar-refractivity contribution in [3.05, 3.63) is 16.4 Å². The number of nitrogen functional groups attached to an aromatic ring is 1.